The molecule has 0 unspecified atom stereocenters. The molecule has 0 radical (unpaired) electrons. The molecule has 5 nitrogen and oxygen atoms in total. The van der Waals surface area contributed by atoms with E-state index in [0.717, 1.165) is 0 Å². The molecule has 0 spiro atoms. The van der Waals surface area contributed by atoms with E-state index in [1.54, 1.807) is 10.9 Å². The second-order valence-electron chi connectivity index (χ2n) is 4.19. The maximum Gasteiger partial charge on any atom is 0.257 e. The Hall–Kier alpha value is -2.04. The van der Waals surface area contributed by atoms with Gasteiger partial charge in [-0.3, -0.25) is 20.4 Å². The predicted molar refractivity (Wildman–Crippen MR) is 67.0 cm³/mol. The van der Waals surface area contributed by atoms with Gasteiger partial charge in [-0.05, 0) is 0 Å². The number of nitrogens with zero attached hydrogens (tertiary/aromatic N) is 1. The van der Waals surface area contributed by atoms with E-state index >= 15 is 0 Å². The summed E-state index contributed by atoms with van der Waals surface area (Å²) in [6.07, 6.45) is 0. The minimum atomic E-state index is -2.30. The average molecular weight is 341 g/mol. The first-order valence-corrected chi connectivity index (χ1v) is 6.90. The van der Waals surface area contributed by atoms with Gasteiger partial charge < -0.3 is 4.90 Å². The van der Waals surface area contributed by atoms with Crippen molar-refractivity contribution in [3.05, 3.63) is 29.1 Å². The van der Waals surface area contributed by atoms with E-state index in [2.05, 4.69) is 0 Å². The molecule has 1 heterocycles. The predicted octanol–water partition coefficient (Wildman–Crippen LogP) is 1.36. The SMILES string of the molecule is O=C(CN1CSCC1=O)NNc1c(F)c(F)c(F)c(F)c1F. The molecule has 0 aromatic heterocycles. The molecule has 1 fully saturated rings. The normalized spacial score (nSPS) is 14.4. The number of thioether (sulfide) groups is 1. The minimum absolute atomic E-state index is 0.207. The van der Waals surface area contributed by atoms with E-state index in [1.165, 1.54) is 16.7 Å². The molecule has 120 valence electrons. The third-order valence-electron chi connectivity index (χ3n) is 2.70. The summed E-state index contributed by atoms with van der Waals surface area (Å²) in [7, 11) is 0. The van der Waals surface area contributed by atoms with Gasteiger partial charge in [0.25, 0.3) is 5.91 Å². The number of anilines is 1. The summed E-state index contributed by atoms with van der Waals surface area (Å²) in [5.74, 6) is -11.5. The number of hydrogen-bond acceptors (Lipinski definition) is 4. The van der Waals surface area contributed by atoms with Gasteiger partial charge in [-0.1, -0.05) is 0 Å². The van der Waals surface area contributed by atoms with Crippen LogP contribution in [0.15, 0.2) is 0 Å². The van der Waals surface area contributed by atoms with E-state index in [9.17, 15) is 31.5 Å². The third kappa shape index (κ3) is 3.08. The van der Waals surface area contributed by atoms with Crippen molar-refractivity contribution in [3.8, 4) is 0 Å². The molecular formula is C11H8F5N3O2S. The number of benzene rings is 1. The number of amides is 2. The lowest BCUT2D eigenvalue weighted by Crippen LogP contribution is -2.40. The molecule has 2 amide bonds. The summed E-state index contributed by atoms with van der Waals surface area (Å²) in [5, 5.41) is 0. The molecule has 2 N–H and O–H groups in total. The van der Waals surface area contributed by atoms with Gasteiger partial charge in [0.2, 0.25) is 11.7 Å². The first-order chi connectivity index (χ1) is 10.3. The summed E-state index contributed by atoms with van der Waals surface area (Å²) in [6.45, 7) is -0.409. The van der Waals surface area contributed by atoms with Crippen LogP contribution in [0.3, 0.4) is 0 Å². The van der Waals surface area contributed by atoms with Crippen LogP contribution in [0.25, 0.3) is 0 Å². The fourth-order valence-corrected chi connectivity index (χ4v) is 2.50. The molecule has 0 atom stereocenters. The molecule has 0 aliphatic carbocycles. The van der Waals surface area contributed by atoms with Gasteiger partial charge in [-0.2, -0.15) is 0 Å². The largest absolute Gasteiger partial charge is 0.323 e. The number of halogens is 5. The molecule has 0 bridgehead atoms. The van der Waals surface area contributed by atoms with E-state index < -0.39 is 47.2 Å². The molecule has 1 saturated heterocycles. The van der Waals surface area contributed by atoms with Gasteiger partial charge in [0.1, 0.15) is 12.2 Å². The highest BCUT2D eigenvalue weighted by Gasteiger charge is 2.27. The van der Waals surface area contributed by atoms with Crippen molar-refractivity contribution in [2.24, 2.45) is 0 Å². The first kappa shape index (κ1) is 16.3. The third-order valence-corrected chi connectivity index (χ3v) is 3.64. The van der Waals surface area contributed by atoms with Crippen molar-refractivity contribution in [1.82, 2.24) is 10.3 Å². The molecule has 2 rings (SSSR count). The Morgan fingerprint density at radius 3 is 2.09 bits per heavy atom. The molecule has 1 aromatic rings. The average Bonchev–Trinajstić information content (AvgIpc) is 2.88. The topological polar surface area (TPSA) is 61.4 Å². The highest BCUT2D eigenvalue weighted by atomic mass is 32.2. The summed E-state index contributed by atoms with van der Waals surface area (Å²) in [6, 6.07) is 0. The lowest BCUT2D eigenvalue weighted by atomic mass is 10.2. The number of nitrogens with one attached hydrogen (secondary N) is 2. The minimum Gasteiger partial charge on any atom is -0.323 e. The Labute approximate surface area is 124 Å². The van der Waals surface area contributed by atoms with Crippen LogP contribution in [-0.2, 0) is 9.59 Å². The van der Waals surface area contributed by atoms with E-state index in [-0.39, 0.29) is 17.5 Å². The Balaban J connectivity index is 2.05. The van der Waals surface area contributed by atoms with E-state index in [0.29, 0.717) is 0 Å². The van der Waals surface area contributed by atoms with Gasteiger partial charge in [-0.25, -0.2) is 22.0 Å². The first-order valence-electron chi connectivity index (χ1n) is 5.74. The van der Waals surface area contributed by atoms with Crippen LogP contribution in [0.4, 0.5) is 27.6 Å². The van der Waals surface area contributed by atoms with Crippen LogP contribution in [0.5, 0.6) is 0 Å². The van der Waals surface area contributed by atoms with Crippen LogP contribution in [-0.4, -0.2) is 34.9 Å². The second-order valence-corrected chi connectivity index (χ2v) is 5.14. The standard InChI is InChI=1S/C11H8F5N3O2S/c12-6-7(13)9(15)11(10(16)8(6)14)18-17-4(20)1-19-3-22-2-5(19)21/h18H,1-3H2,(H,17,20). The summed E-state index contributed by atoms with van der Waals surface area (Å²) < 4.78 is 65.3. The van der Waals surface area contributed by atoms with Crippen LogP contribution in [0.2, 0.25) is 0 Å². The molecule has 0 saturated carbocycles. The van der Waals surface area contributed by atoms with Crippen molar-refractivity contribution < 1.29 is 31.5 Å². The zero-order valence-electron chi connectivity index (χ0n) is 10.7. The highest BCUT2D eigenvalue weighted by Crippen LogP contribution is 2.26. The zero-order chi connectivity index (χ0) is 16.4. The van der Waals surface area contributed by atoms with Crippen molar-refractivity contribution in [3.63, 3.8) is 0 Å². The Kier molecular flexibility index (Phi) is 4.74. The van der Waals surface area contributed by atoms with E-state index in [4.69, 9.17) is 0 Å². The van der Waals surface area contributed by atoms with Crippen LogP contribution >= 0.6 is 11.8 Å². The molecule has 1 aliphatic rings. The highest BCUT2D eigenvalue weighted by molar-refractivity contribution is 8.00. The quantitative estimate of drug-likeness (QED) is 0.376. The van der Waals surface area contributed by atoms with E-state index in [1.807, 2.05) is 0 Å². The summed E-state index contributed by atoms with van der Waals surface area (Å²) in [4.78, 5) is 23.9. The maximum absolute atomic E-state index is 13.3. The van der Waals surface area contributed by atoms with Crippen molar-refractivity contribution >= 4 is 29.3 Å². The maximum atomic E-state index is 13.3. The van der Waals surface area contributed by atoms with Gasteiger partial charge in [-0.15, -0.1) is 11.8 Å². The Morgan fingerprint density at radius 2 is 1.59 bits per heavy atom. The van der Waals surface area contributed by atoms with Gasteiger partial charge >= 0.3 is 0 Å². The second kappa shape index (κ2) is 6.38. The Morgan fingerprint density at radius 1 is 1.05 bits per heavy atom. The molecule has 1 aromatic carbocycles. The molecule has 11 heteroatoms. The van der Waals surface area contributed by atoms with Crippen molar-refractivity contribution in [1.29, 1.82) is 0 Å². The fourth-order valence-electron chi connectivity index (χ4n) is 1.60. The number of carbonyl (C=O) groups is 2. The van der Waals surface area contributed by atoms with Gasteiger partial charge in [0.15, 0.2) is 23.3 Å². The summed E-state index contributed by atoms with van der Waals surface area (Å²) in [5.41, 5.74) is 2.03. The fraction of sp³-hybridized carbons (Fsp3) is 0.273. The van der Waals surface area contributed by atoms with Crippen molar-refractivity contribution in [2.45, 2.75) is 0 Å². The number of hydrazine groups is 1. The number of rotatable bonds is 4. The van der Waals surface area contributed by atoms with Crippen LogP contribution < -0.4 is 10.9 Å². The lowest BCUT2D eigenvalue weighted by molar-refractivity contribution is -0.132. The Bertz CT molecular complexity index is 614. The summed E-state index contributed by atoms with van der Waals surface area (Å²) >= 11 is 1.27. The lowest BCUT2D eigenvalue weighted by Gasteiger charge is -2.16. The molecular weight excluding hydrogens is 333 g/mol. The van der Waals surface area contributed by atoms with Crippen molar-refractivity contribution in [2.75, 3.05) is 23.6 Å². The molecule has 1 aliphatic heterocycles. The van der Waals surface area contributed by atoms with Crippen LogP contribution in [0.1, 0.15) is 0 Å². The number of carbonyl (C=O) groups excluding carboxylic acids is 2. The van der Waals surface area contributed by atoms with Gasteiger partial charge in [0, 0.05) is 0 Å². The smallest absolute Gasteiger partial charge is 0.257 e. The molecule has 22 heavy (non-hydrogen) atoms. The number of hydrogen-bond donors (Lipinski definition) is 2. The monoisotopic (exact) mass is 341 g/mol. The van der Waals surface area contributed by atoms with Gasteiger partial charge in [0.05, 0.1) is 11.6 Å². The zero-order valence-corrected chi connectivity index (χ0v) is 11.5. The van der Waals surface area contributed by atoms with Crippen LogP contribution in [0, 0.1) is 29.1 Å².